The third-order valence-electron chi connectivity index (χ3n) is 4.70. The zero-order chi connectivity index (χ0) is 22.7. The molecule has 0 aliphatic rings. The van der Waals surface area contributed by atoms with Gasteiger partial charge in [0.2, 0.25) is 0 Å². The normalized spacial score (nSPS) is 10.9. The fourth-order valence-corrected chi connectivity index (χ4v) is 4.41. The Labute approximate surface area is 198 Å². The summed E-state index contributed by atoms with van der Waals surface area (Å²) in [6.07, 6.45) is 0. The molecule has 0 spiro atoms. The van der Waals surface area contributed by atoms with Gasteiger partial charge in [-0.05, 0) is 42.0 Å². The van der Waals surface area contributed by atoms with Crippen LogP contribution < -0.4 is 0 Å². The van der Waals surface area contributed by atoms with E-state index in [1.807, 2.05) is 34.9 Å². The van der Waals surface area contributed by atoms with Crippen molar-refractivity contribution in [3.8, 4) is 22.9 Å². The summed E-state index contributed by atoms with van der Waals surface area (Å²) in [7, 11) is 0. The zero-order valence-corrected chi connectivity index (χ0v) is 18.9. The van der Waals surface area contributed by atoms with Crippen LogP contribution in [0.25, 0.3) is 11.4 Å². The van der Waals surface area contributed by atoms with Crippen molar-refractivity contribution in [3.05, 3.63) is 87.9 Å². The number of benzene rings is 3. The molecular weight excluding hydrogens is 469 g/mol. The first-order valence-electron chi connectivity index (χ1n) is 9.53. The molecule has 0 aliphatic heterocycles. The van der Waals surface area contributed by atoms with Crippen molar-refractivity contribution in [1.82, 2.24) is 14.8 Å². The topological polar surface area (TPSA) is 88.2 Å². The molecule has 2 N–H and O–H groups in total. The molecule has 0 unspecified atom stereocenters. The molecule has 4 aromatic rings. The van der Waals surface area contributed by atoms with Gasteiger partial charge in [-0.3, -0.25) is 9.36 Å². The molecule has 3 aromatic carbocycles. The predicted octanol–water partition coefficient (Wildman–Crippen LogP) is 5.69. The number of phenols is 2. The highest BCUT2D eigenvalue weighted by atomic mass is 35.5. The highest BCUT2D eigenvalue weighted by molar-refractivity contribution is 7.99. The number of aromatic nitrogens is 3. The van der Waals surface area contributed by atoms with Gasteiger partial charge in [-0.25, -0.2) is 0 Å². The fraction of sp³-hybridized carbons (Fsp3) is 0.0870. The average molecular weight is 486 g/mol. The maximum atomic E-state index is 12.6. The smallest absolute Gasteiger partial charge is 0.192 e. The van der Waals surface area contributed by atoms with E-state index in [2.05, 4.69) is 10.2 Å². The first kappa shape index (κ1) is 22.2. The van der Waals surface area contributed by atoms with Crippen molar-refractivity contribution in [2.45, 2.75) is 11.7 Å². The summed E-state index contributed by atoms with van der Waals surface area (Å²) >= 11 is 13.7. The van der Waals surface area contributed by atoms with Crippen LogP contribution in [0.1, 0.15) is 15.9 Å². The van der Waals surface area contributed by atoms with Crippen LogP contribution in [-0.4, -0.2) is 36.5 Å². The minimum Gasteiger partial charge on any atom is -0.504 e. The first-order valence-corrected chi connectivity index (χ1v) is 11.3. The van der Waals surface area contributed by atoms with Gasteiger partial charge in [-0.1, -0.05) is 65.3 Å². The lowest BCUT2D eigenvalue weighted by Gasteiger charge is -2.11. The van der Waals surface area contributed by atoms with Crippen LogP contribution in [0.3, 0.4) is 0 Å². The van der Waals surface area contributed by atoms with E-state index in [4.69, 9.17) is 23.2 Å². The predicted molar refractivity (Wildman–Crippen MR) is 126 cm³/mol. The molecule has 0 saturated carbocycles. The molecule has 0 bridgehead atoms. The number of thioether (sulfide) groups is 1. The third-order valence-corrected chi connectivity index (χ3v) is 6.22. The van der Waals surface area contributed by atoms with Gasteiger partial charge in [-0.15, -0.1) is 10.2 Å². The van der Waals surface area contributed by atoms with Crippen LogP contribution in [0.4, 0.5) is 0 Å². The molecule has 0 atom stereocenters. The Morgan fingerprint density at radius 2 is 1.72 bits per heavy atom. The number of phenolic OH excluding ortho intramolecular Hbond substituents is 2. The van der Waals surface area contributed by atoms with E-state index in [1.165, 1.54) is 30.0 Å². The number of rotatable bonds is 7. The lowest BCUT2D eigenvalue weighted by atomic mass is 10.1. The van der Waals surface area contributed by atoms with E-state index in [-0.39, 0.29) is 23.0 Å². The van der Waals surface area contributed by atoms with Crippen LogP contribution in [0.2, 0.25) is 10.0 Å². The number of halogens is 2. The fourth-order valence-electron chi connectivity index (χ4n) is 3.08. The molecule has 6 nitrogen and oxygen atoms in total. The summed E-state index contributed by atoms with van der Waals surface area (Å²) in [5.74, 6) is -0.196. The third kappa shape index (κ3) is 4.91. The Hall–Kier alpha value is -3.00. The van der Waals surface area contributed by atoms with Crippen molar-refractivity contribution in [3.63, 3.8) is 0 Å². The standard InChI is InChI=1S/C23H17Cl2N3O3S/c24-16-7-8-17(18(25)11-16)22-26-27-23(28(22)12-14-4-2-1-3-5-14)32-13-21(31)15-6-9-19(29)20(30)10-15/h1-11,29-30H,12-13H2. The van der Waals surface area contributed by atoms with E-state index in [9.17, 15) is 15.0 Å². The maximum Gasteiger partial charge on any atom is 0.192 e. The number of nitrogens with zero attached hydrogens (tertiary/aromatic N) is 3. The molecular formula is C23H17Cl2N3O3S. The van der Waals surface area contributed by atoms with Gasteiger partial charge >= 0.3 is 0 Å². The van der Waals surface area contributed by atoms with Gasteiger partial charge in [0, 0.05) is 16.1 Å². The van der Waals surface area contributed by atoms with Crippen LogP contribution in [0.15, 0.2) is 71.9 Å². The van der Waals surface area contributed by atoms with Crippen LogP contribution in [-0.2, 0) is 6.54 Å². The molecule has 1 heterocycles. The molecule has 1 aromatic heterocycles. The molecule has 0 radical (unpaired) electrons. The van der Waals surface area contributed by atoms with E-state index in [0.717, 1.165) is 5.56 Å². The van der Waals surface area contributed by atoms with Crippen LogP contribution in [0.5, 0.6) is 11.5 Å². The first-order chi connectivity index (χ1) is 15.4. The number of hydrogen-bond acceptors (Lipinski definition) is 6. The summed E-state index contributed by atoms with van der Waals surface area (Å²) < 4.78 is 1.90. The second-order valence-electron chi connectivity index (χ2n) is 6.92. The number of Topliss-reactive ketones (excluding diaryl/α,β-unsaturated/α-hetero) is 1. The number of carbonyl (C=O) groups excluding carboxylic acids is 1. The minimum atomic E-state index is -0.340. The van der Waals surface area contributed by atoms with Gasteiger partial charge in [0.05, 0.1) is 17.3 Å². The number of hydrogen-bond donors (Lipinski definition) is 2. The summed E-state index contributed by atoms with van der Waals surface area (Å²) in [5.41, 5.74) is 2.01. The SMILES string of the molecule is O=C(CSc1nnc(-c2ccc(Cl)cc2Cl)n1Cc1ccccc1)c1ccc(O)c(O)c1. The van der Waals surface area contributed by atoms with Crippen molar-refractivity contribution in [1.29, 1.82) is 0 Å². The highest BCUT2D eigenvalue weighted by Crippen LogP contribution is 2.32. The number of carbonyl (C=O) groups is 1. The monoisotopic (exact) mass is 485 g/mol. The van der Waals surface area contributed by atoms with Crippen molar-refractivity contribution in [2.75, 3.05) is 5.75 Å². The maximum absolute atomic E-state index is 12.6. The van der Waals surface area contributed by atoms with E-state index in [1.54, 1.807) is 18.2 Å². The van der Waals surface area contributed by atoms with Gasteiger partial charge in [0.1, 0.15) is 0 Å². The van der Waals surface area contributed by atoms with E-state index >= 15 is 0 Å². The summed E-state index contributed by atoms with van der Waals surface area (Å²) in [5, 5.41) is 29.3. The molecule has 4 rings (SSSR count). The Kier molecular flexibility index (Phi) is 6.69. The number of ketones is 1. The van der Waals surface area contributed by atoms with Gasteiger partial charge < -0.3 is 10.2 Å². The Morgan fingerprint density at radius 3 is 2.44 bits per heavy atom. The number of aromatic hydroxyl groups is 2. The summed E-state index contributed by atoms with van der Waals surface area (Å²) in [4.78, 5) is 12.6. The molecule has 0 saturated heterocycles. The van der Waals surface area contributed by atoms with Crippen molar-refractivity contribution < 1.29 is 15.0 Å². The summed E-state index contributed by atoms with van der Waals surface area (Å²) in [6, 6.07) is 19.0. The lowest BCUT2D eigenvalue weighted by molar-refractivity contribution is 0.102. The minimum absolute atomic E-state index is 0.0749. The Morgan fingerprint density at radius 1 is 0.938 bits per heavy atom. The molecule has 0 fully saturated rings. The van der Waals surface area contributed by atoms with Gasteiger partial charge in [0.25, 0.3) is 0 Å². The van der Waals surface area contributed by atoms with Gasteiger partial charge in [0.15, 0.2) is 28.3 Å². The quantitative estimate of drug-likeness (QED) is 0.198. The lowest BCUT2D eigenvalue weighted by Crippen LogP contribution is -2.07. The second-order valence-corrected chi connectivity index (χ2v) is 8.70. The molecule has 0 amide bonds. The van der Waals surface area contributed by atoms with Crippen LogP contribution in [0, 0.1) is 0 Å². The molecule has 162 valence electrons. The molecule has 32 heavy (non-hydrogen) atoms. The second kappa shape index (κ2) is 9.65. The Balaban J connectivity index is 1.64. The van der Waals surface area contributed by atoms with Gasteiger partial charge in [-0.2, -0.15) is 0 Å². The van der Waals surface area contributed by atoms with Crippen LogP contribution >= 0.6 is 35.0 Å². The van der Waals surface area contributed by atoms with Crippen molar-refractivity contribution >= 4 is 40.7 Å². The largest absolute Gasteiger partial charge is 0.504 e. The molecule has 0 aliphatic carbocycles. The van der Waals surface area contributed by atoms with E-state index < -0.39 is 0 Å². The molecule has 9 heteroatoms. The summed E-state index contributed by atoms with van der Waals surface area (Å²) in [6.45, 7) is 0.485. The average Bonchev–Trinajstić information content (AvgIpc) is 3.16. The zero-order valence-electron chi connectivity index (χ0n) is 16.6. The Bertz CT molecular complexity index is 1280. The van der Waals surface area contributed by atoms with E-state index in [0.29, 0.717) is 38.7 Å². The highest BCUT2D eigenvalue weighted by Gasteiger charge is 2.19. The van der Waals surface area contributed by atoms with Crippen molar-refractivity contribution in [2.24, 2.45) is 0 Å².